The van der Waals surface area contributed by atoms with Gasteiger partial charge in [-0.05, 0) is 5.22 Å². The summed E-state index contributed by atoms with van der Waals surface area (Å²) in [7, 11) is 0. The van der Waals surface area contributed by atoms with Crippen molar-refractivity contribution in [3.8, 4) is 0 Å². The molecule has 12 heavy (non-hydrogen) atoms. The standard InChI is InChI=1S/C4H7N5O3/c5-3(10)1-2(4(11)12)7-9-8-6/h2,7H,1H2,(H2,5,10)(H,11,12)/t2-/m0/s1. The number of azide groups is 1. The summed E-state index contributed by atoms with van der Waals surface area (Å²) < 4.78 is 0. The Labute approximate surface area is 66.9 Å². The summed E-state index contributed by atoms with van der Waals surface area (Å²) in [6.07, 6.45) is -0.422. The van der Waals surface area contributed by atoms with Crippen LogP contribution in [0.1, 0.15) is 6.42 Å². The van der Waals surface area contributed by atoms with Crippen LogP contribution in [-0.4, -0.2) is 23.0 Å². The van der Waals surface area contributed by atoms with E-state index in [0.717, 1.165) is 0 Å². The molecule has 0 bridgehead atoms. The lowest BCUT2D eigenvalue weighted by Crippen LogP contribution is -2.36. The quantitative estimate of drug-likeness (QED) is 0.215. The van der Waals surface area contributed by atoms with E-state index in [0.29, 0.717) is 0 Å². The van der Waals surface area contributed by atoms with Crippen molar-refractivity contribution in [2.75, 3.05) is 0 Å². The highest BCUT2D eigenvalue weighted by Gasteiger charge is 2.21. The molecule has 66 valence electrons. The first-order valence-electron chi connectivity index (χ1n) is 2.88. The molecule has 8 nitrogen and oxygen atoms in total. The Balaban J connectivity index is 4.13. The second kappa shape index (κ2) is 4.80. The van der Waals surface area contributed by atoms with Crippen LogP contribution in [0.3, 0.4) is 0 Å². The molecule has 0 aliphatic heterocycles. The molecule has 0 heterocycles. The van der Waals surface area contributed by atoms with E-state index in [9.17, 15) is 9.59 Å². The van der Waals surface area contributed by atoms with E-state index in [2.05, 4.69) is 10.1 Å². The molecule has 0 aliphatic rings. The highest BCUT2D eigenvalue weighted by Crippen LogP contribution is 1.90. The Morgan fingerprint density at radius 2 is 2.33 bits per heavy atom. The van der Waals surface area contributed by atoms with E-state index in [1.54, 1.807) is 0 Å². The summed E-state index contributed by atoms with van der Waals surface area (Å²) in [6, 6.07) is -1.27. The number of carboxylic acids is 1. The van der Waals surface area contributed by atoms with Crippen molar-refractivity contribution in [1.82, 2.24) is 5.43 Å². The number of carboxylic acid groups (broad SMARTS) is 1. The van der Waals surface area contributed by atoms with Gasteiger partial charge in [-0.25, -0.2) is 10.2 Å². The van der Waals surface area contributed by atoms with Gasteiger partial charge in [0.05, 0.1) is 6.42 Å². The number of amides is 1. The third-order valence-electron chi connectivity index (χ3n) is 0.962. The van der Waals surface area contributed by atoms with Gasteiger partial charge in [0.2, 0.25) is 11.9 Å². The fraction of sp³-hybridized carbons (Fsp3) is 0.500. The molecule has 4 N–H and O–H groups in total. The van der Waals surface area contributed by atoms with Gasteiger partial charge in [-0.2, -0.15) is 4.91 Å². The van der Waals surface area contributed by atoms with Gasteiger partial charge in [0, 0.05) is 0 Å². The smallest absolute Gasteiger partial charge is 0.349 e. The topological polar surface area (TPSA) is 141 Å². The third-order valence-corrected chi connectivity index (χ3v) is 0.962. The molecule has 0 rings (SSSR count). The van der Waals surface area contributed by atoms with Crippen molar-refractivity contribution in [3.63, 3.8) is 0 Å². The van der Waals surface area contributed by atoms with Gasteiger partial charge in [0.15, 0.2) is 0 Å². The fourth-order valence-corrected chi connectivity index (χ4v) is 0.485. The Hall–Kier alpha value is -1.95. The number of aliphatic carboxylic acids is 1. The average Bonchev–Trinajstić information content (AvgIpc) is 1.96. The van der Waals surface area contributed by atoms with Gasteiger partial charge in [0.25, 0.3) is 0 Å². The Bertz CT molecular complexity index is 229. The number of nitrogens with one attached hydrogen (secondary N) is 1. The number of carbonyl (C=O) groups is 2. The summed E-state index contributed by atoms with van der Waals surface area (Å²) in [4.78, 5) is 22.8. The molecule has 0 fully saturated rings. The number of carbonyl (C=O) groups excluding carboxylic acids is 1. The Morgan fingerprint density at radius 1 is 1.75 bits per heavy atom. The Morgan fingerprint density at radius 3 is 2.67 bits per heavy atom. The molecule has 0 spiro atoms. The van der Waals surface area contributed by atoms with E-state index in [1.807, 2.05) is 5.43 Å². The van der Waals surface area contributed by atoms with Crippen molar-refractivity contribution in [2.45, 2.75) is 12.5 Å². The molecule has 1 atom stereocenters. The monoisotopic (exact) mass is 173 g/mol. The number of nitrogens with zero attached hydrogens (tertiary/aromatic N) is 3. The third kappa shape index (κ3) is 3.96. The van der Waals surface area contributed by atoms with Crippen LogP contribution in [0.2, 0.25) is 0 Å². The molecule has 0 aromatic carbocycles. The largest absolute Gasteiger partial charge is 0.478 e. The maximum absolute atomic E-state index is 10.3. The van der Waals surface area contributed by atoms with Crippen LogP contribution in [0.15, 0.2) is 5.22 Å². The van der Waals surface area contributed by atoms with Crippen LogP contribution >= 0.6 is 0 Å². The molecule has 0 radical (unpaired) electrons. The van der Waals surface area contributed by atoms with Crippen LogP contribution < -0.4 is 11.2 Å². The van der Waals surface area contributed by atoms with Crippen molar-refractivity contribution >= 4 is 11.9 Å². The number of nitrogens with two attached hydrogens (primary N) is 1. The van der Waals surface area contributed by atoms with Crippen molar-refractivity contribution in [1.29, 1.82) is 0 Å². The minimum absolute atomic E-state index is 0.422. The second-order valence-corrected chi connectivity index (χ2v) is 1.88. The zero-order chi connectivity index (χ0) is 9.56. The molecule has 0 saturated carbocycles. The molecule has 8 heteroatoms. The van der Waals surface area contributed by atoms with Gasteiger partial charge in [0.1, 0.15) is 0 Å². The van der Waals surface area contributed by atoms with Gasteiger partial charge < -0.3 is 10.8 Å². The maximum atomic E-state index is 10.3. The molecule has 0 unspecified atom stereocenters. The van der Waals surface area contributed by atoms with E-state index in [1.165, 1.54) is 0 Å². The first-order chi connectivity index (χ1) is 5.57. The molecule has 0 saturated heterocycles. The van der Waals surface area contributed by atoms with E-state index in [-0.39, 0.29) is 0 Å². The van der Waals surface area contributed by atoms with Gasteiger partial charge in [-0.1, -0.05) is 0 Å². The van der Waals surface area contributed by atoms with Crippen molar-refractivity contribution in [3.05, 3.63) is 10.4 Å². The number of hydrogen-bond acceptors (Lipinski definition) is 3. The lowest BCUT2D eigenvalue weighted by molar-refractivity contribution is -0.141. The van der Waals surface area contributed by atoms with Crippen LogP contribution in [0, 0.1) is 0 Å². The zero-order valence-corrected chi connectivity index (χ0v) is 5.97. The summed E-state index contributed by atoms with van der Waals surface area (Å²) in [6.45, 7) is 0. The maximum Gasteiger partial charge on any atom is 0.349 e. The predicted molar refractivity (Wildman–Crippen MR) is 37.5 cm³/mol. The van der Waals surface area contributed by atoms with Gasteiger partial charge in [-0.15, -0.1) is 5.53 Å². The van der Waals surface area contributed by atoms with Crippen molar-refractivity contribution < 1.29 is 14.7 Å². The normalized spacial score (nSPS) is 11.0. The van der Waals surface area contributed by atoms with Crippen molar-refractivity contribution in [2.24, 2.45) is 11.0 Å². The summed E-state index contributed by atoms with van der Waals surface area (Å²) in [5, 5.41) is 11.2. The second-order valence-electron chi connectivity index (χ2n) is 1.88. The molecule has 1 amide bonds. The molecule has 0 aromatic rings. The molecular formula is C4H7N5O3. The predicted octanol–water partition coefficient (Wildman–Crippen LogP) is -0.870. The minimum Gasteiger partial charge on any atom is -0.478 e. The molecule has 0 aliphatic carbocycles. The highest BCUT2D eigenvalue weighted by atomic mass is 16.4. The van der Waals surface area contributed by atoms with Crippen LogP contribution in [-0.2, 0) is 9.59 Å². The SMILES string of the molecule is [N-]=[N+]=NN[C@@H](CC(N)=O)C(=O)O. The van der Waals surface area contributed by atoms with E-state index >= 15 is 0 Å². The molecule has 0 aromatic heterocycles. The molecular weight excluding hydrogens is 166 g/mol. The van der Waals surface area contributed by atoms with Gasteiger partial charge in [-0.3, -0.25) is 4.79 Å². The lowest BCUT2D eigenvalue weighted by Gasteiger charge is -2.03. The first-order valence-corrected chi connectivity index (χ1v) is 2.88. The Kier molecular flexibility index (Phi) is 4.02. The van der Waals surface area contributed by atoms with Crippen LogP contribution in [0.25, 0.3) is 10.4 Å². The van der Waals surface area contributed by atoms with Crippen LogP contribution in [0.4, 0.5) is 0 Å². The number of rotatable bonds is 5. The summed E-state index contributed by atoms with van der Waals surface area (Å²) in [5.41, 5.74) is 14.5. The summed E-state index contributed by atoms with van der Waals surface area (Å²) >= 11 is 0. The fourth-order valence-electron chi connectivity index (χ4n) is 0.485. The van der Waals surface area contributed by atoms with E-state index in [4.69, 9.17) is 16.4 Å². The number of primary amides is 1. The average molecular weight is 173 g/mol. The van der Waals surface area contributed by atoms with E-state index < -0.39 is 24.3 Å². The number of hydrogen-bond donors (Lipinski definition) is 3. The van der Waals surface area contributed by atoms with Crippen LogP contribution in [0.5, 0.6) is 0 Å². The lowest BCUT2D eigenvalue weighted by atomic mass is 10.2. The summed E-state index contributed by atoms with van der Waals surface area (Å²) in [5.74, 6) is -2.09. The minimum atomic E-state index is -1.30. The van der Waals surface area contributed by atoms with Gasteiger partial charge >= 0.3 is 5.97 Å². The zero-order valence-electron chi connectivity index (χ0n) is 5.97. The highest BCUT2D eigenvalue weighted by molar-refractivity contribution is 5.83. The first kappa shape index (κ1) is 10.0.